The van der Waals surface area contributed by atoms with Crippen LogP contribution in [0.5, 0.6) is 5.75 Å². The molecule has 1 atom stereocenters. The van der Waals surface area contributed by atoms with Gasteiger partial charge in [0.05, 0.1) is 13.5 Å². The van der Waals surface area contributed by atoms with Crippen LogP contribution >= 0.6 is 0 Å². The second-order valence-corrected chi connectivity index (χ2v) is 4.45. The molecule has 1 rings (SSSR count). The van der Waals surface area contributed by atoms with Crippen molar-refractivity contribution in [3.63, 3.8) is 0 Å². The van der Waals surface area contributed by atoms with E-state index in [9.17, 15) is 4.79 Å². The fourth-order valence-electron chi connectivity index (χ4n) is 1.64. The lowest BCUT2D eigenvalue weighted by atomic mass is 10.1. The number of carbonyl (C=O) groups excluding carboxylic acids is 1. The van der Waals surface area contributed by atoms with E-state index in [-0.39, 0.29) is 12.5 Å². The Bertz CT molecular complexity index is 379. The highest BCUT2D eigenvalue weighted by molar-refractivity contribution is 5.78. The maximum atomic E-state index is 11.7. The molecule has 1 aromatic carbocycles. The number of rotatable bonds is 7. The van der Waals surface area contributed by atoms with Gasteiger partial charge in [-0.3, -0.25) is 4.79 Å². The summed E-state index contributed by atoms with van der Waals surface area (Å²) >= 11 is 0. The monoisotopic (exact) mass is 251 g/mol. The van der Waals surface area contributed by atoms with Gasteiger partial charge in [-0.2, -0.15) is 0 Å². The van der Waals surface area contributed by atoms with E-state index in [0.29, 0.717) is 25.3 Å². The molecule has 4 nitrogen and oxygen atoms in total. The van der Waals surface area contributed by atoms with Crippen LogP contribution in [0.15, 0.2) is 24.3 Å². The molecule has 0 spiro atoms. The van der Waals surface area contributed by atoms with Crippen LogP contribution in [0, 0.1) is 5.92 Å². The fraction of sp³-hybridized carbons (Fsp3) is 0.500. The lowest BCUT2D eigenvalue weighted by Gasteiger charge is -2.11. The van der Waals surface area contributed by atoms with Gasteiger partial charge in [-0.05, 0) is 30.0 Å². The van der Waals surface area contributed by atoms with Crippen LogP contribution in [-0.2, 0) is 11.2 Å². The normalized spacial score (nSPS) is 11.9. The van der Waals surface area contributed by atoms with Crippen molar-refractivity contribution in [1.29, 1.82) is 0 Å². The molecule has 0 fully saturated rings. The number of benzene rings is 1. The number of amides is 1. The number of nitrogens with one attached hydrogen (secondary N) is 1. The van der Waals surface area contributed by atoms with Crippen molar-refractivity contribution in [1.82, 2.24) is 5.32 Å². The highest BCUT2D eigenvalue weighted by Gasteiger charge is 2.06. The lowest BCUT2D eigenvalue weighted by Crippen LogP contribution is -2.29. The van der Waals surface area contributed by atoms with Crippen LogP contribution in [-0.4, -0.2) is 31.3 Å². The van der Waals surface area contributed by atoms with Gasteiger partial charge < -0.3 is 15.2 Å². The molecule has 2 N–H and O–H groups in total. The summed E-state index contributed by atoms with van der Waals surface area (Å²) in [5.74, 6) is 1.05. The van der Waals surface area contributed by atoms with Crippen molar-refractivity contribution in [2.24, 2.45) is 5.92 Å². The lowest BCUT2D eigenvalue weighted by molar-refractivity contribution is -0.120. The van der Waals surface area contributed by atoms with E-state index in [2.05, 4.69) is 5.32 Å². The van der Waals surface area contributed by atoms with Crippen molar-refractivity contribution >= 4 is 5.91 Å². The summed E-state index contributed by atoms with van der Waals surface area (Å²) in [6.07, 6.45) is 1.06. The summed E-state index contributed by atoms with van der Waals surface area (Å²) in [4.78, 5) is 11.7. The third-order valence-electron chi connectivity index (χ3n) is 2.77. The number of ether oxygens (including phenoxy) is 1. The van der Waals surface area contributed by atoms with Gasteiger partial charge >= 0.3 is 0 Å². The quantitative estimate of drug-likeness (QED) is 0.769. The maximum absolute atomic E-state index is 11.7. The Morgan fingerprint density at radius 2 is 2.28 bits per heavy atom. The first-order valence-electron chi connectivity index (χ1n) is 6.16. The van der Waals surface area contributed by atoms with E-state index in [0.717, 1.165) is 11.3 Å². The third kappa shape index (κ3) is 5.19. The van der Waals surface area contributed by atoms with E-state index >= 15 is 0 Å². The molecule has 0 heterocycles. The van der Waals surface area contributed by atoms with Gasteiger partial charge in [0.2, 0.25) is 5.91 Å². The molecule has 1 aromatic rings. The molecule has 0 aliphatic carbocycles. The predicted octanol–water partition coefficient (Wildman–Crippen LogP) is 1.37. The second-order valence-electron chi connectivity index (χ2n) is 4.45. The Morgan fingerprint density at radius 1 is 1.50 bits per heavy atom. The largest absolute Gasteiger partial charge is 0.497 e. The van der Waals surface area contributed by atoms with E-state index in [1.807, 2.05) is 31.2 Å². The third-order valence-corrected chi connectivity index (χ3v) is 2.77. The topological polar surface area (TPSA) is 58.6 Å². The first-order chi connectivity index (χ1) is 8.65. The molecule has 18 heavy (non-hydrogen) atoms. The molecule has 0 bridgehead atoms. The summed E-state index contributed by atoms with van der Waals surface area (Å²) in [5, 5.41) is 11.6. The zero-order valence-corrected chi connectivity index (χ0v) is 11.0. The van der Waals surface area contributed by atoms with E-state index in [1.54, 1.807) is 7.11 Å². The summed E-state index contributed by atoms with van der Waals surface area (Å²) in [6.45, 7) is 2.76. The highest BCUT2D eigenvalue weighted by Crippen LogP contribution is 2.12. The van der Waals surface area contributed by atoms with Crippen molar-refractivity contribution in [3.05, 3.63) is 29.8 Å². The average Bonchev–Trinajstić information content (AvgIpc) is 2.37. The summed E-state index contributed by atoms with van der Waals surface area (Å²) < 4.78 is 5.11. The van der Waals surface area contributed by atoms with Gasteiger partial charge in [-0.15, -0.1) is 0 Å². The van der Waals surface area contributed by atoms with Gasteiger partial charge in [0.15, 0.2) is 0 Å². The Morgan fingerprint density at radius 3 is 2.94 bits per heavy atom. The zero-order chi connectivity index (χ0) is 13.4. The maximum Gasteiger partial charge on any atom is 0.224 e. The van der Waals surface area contributed by atoms with E-state index in [4.69, 9.17) is 9.84 Å². The standard InChI is InChI=1S/C14H21NO3/c1-11(6-7-16)10-15-14(17)9-12-4-3-5-13(8-12)18-2/h3-5,8,11,16H,6-7,9-10H2,1-2H3,(H,15,17). The van der Waals surface area contributed by atoms with Crippen molar-refractivity contribution < 1.29 is 14.6 Å². The Hall–Kier alpha value is -1.55. The molecular weight excluding hydrogens is 230 g/mol. The molecule has 0 aromatic heterocycles. The zero-order valence-electron chi connectivity index (χ0n) is 11.0. The predicted molar refractivity (Wildman–Crippen MR) is 70.6 cm³/mol. The summed E-state index contributed by atoms with van der Waals surface area (Å²) in [7, 11) is 1.61. The van der Waals surface area contributed by atoms with Crippen LogP contribution in [0.2, 0.25) is 0 Å². The minimum absolute atomic E-state index is 0.00644. The minimum Gasteiger partial charge on any atom is -0.497 e. The number of hydrogen-bond donors (Lipinski definition) is 2. The Balaban J connectivity index is 2.39. The fourth-order valence-corrected chi connectivity index (χ4v) is 1.64. The van der Waals surface area contributed by atoms with Crippen LogP contribution in [0.1, 0.15) is 18.9 Å². The Kier molecular flexibility index (Phi) is 6.22. The molecule has 0 aliphatic rings. The smallest absolute Gasteiger partial charge is 0.224 e. The number of hydrogen-bond acceptors (Lipinski definition) is 3. The molecule has 1 amide bonds. The molecule has 1 unspecified atom stereocenters. The number of aliphatic hydroxyl groups is 1. The van der Waals surface area contributed by atoms with E-state index < -0.39 is 0 Å². The summed E-state index contributed by atoms with van der Waals surface area (Å²) in [5.41, 5.74) is 0.932. The molecule has 0 radical (unpaired) electrons. The first-order valence-corrected chi connectivity index (χ1v) is 6.16. The average molecular weight is 251 g/mol. The van der Waals surface area contributed by atoms with Gasteiger partial charge in [0.25, 0.3) is 0 Å². The van der Waals surface area contributed by atoms with Crippen LogP contribution in [0.25, 0.3) is 0 Å². The van der Waals surface area contributed by atoms with Crippen LogP contribution in [0.4, 0.5) is 0 Å². The molecule has 0 aliphatic heterocycles. The molecule has 0 saturated heterocycles. The van der Waals surface area contributed by atoms with E-state index in [1.165, 1.54) is 0 Å². The van der Waals surface area contributed by atoms with Crippen molar-refractivity contribution in [3.8, 4) is 5.75 Å². The van der Waals surface area contributed by atoms with Gasteiger partial charge in [-0.25, -0.2) is 0 Å². The van der Waals surface area contributed by atoms with Crippen LogP contribution < -0.4 is 10.1 Å². The highest BCUT2D eigenvalue weighted by atomic mass is 16.5. The number of carbonyl (C=O) groups is 1. The van der Waals surface area contributed by atoms with Crippen molar-refractivity contribution in [2.75, 3.05) is 20.3 Å². The van der Waals surface area contributed by atoms with Gasteiger partial charge in [0, 0.05) is 13.2 Å². The van der Waals surface area contributed by atoms with Crippen LogP contribution in [0.3, 0.4) is 0 Å². The number of aliphatic hydroxyl groups excluding tert-OH is 1. The van der Waals surface area contributed by atoms with Gasteiger partial charge in [0.1, 0.15) is 5.75 Å². The Labute approximate surface area is 108 Å². The van der Waals surface area contributed by atoms with Gasteiger partial charge in [-0.1, -0.05) is 19.1 Å². The SMILES string of the molecule is COc1cccc(CC(=O)NCC(C)CCO)c1. The molecule has 4 heteroatoms. The molecule has 0 saturated carbocycles. The molecule has 100 valence electrons. The first kappa shape index (κ1) is 14.5. The molecular formula is C14H21NO3. The minimum atomic E-state index is -0.00644. The van der Waals surface area contributed by atoms with Crippen molar-refractivity contribution in [2.45, 2.75) is 19.8 Å². The second kappa shape index (κ2) is 7.71. The number of methoxy groups -OCH3 is 1. The summed E-state index contributed by atoms with van der Waals surface area (Å²) in [6, 6.07) is 7.48.